The van der Waals surface area contributed by atoms with E-state index in [2.05, 4.69) is 237 Å². The molecule has 0 saturated heterocycles. The summed E-state index contributed by atoms with van der Waals surface area (Å²) in [5.41, 5.74) is 12.4. The summed E-state index contributed by atoms with van der Waals surface area (Å²) in [5.74, 6) is 0. The first-order valence-corrected chi connectivity index (χ1v) is 18.3. The minimum Gasteiger partial charge on any atom is -0.310 e. The number of halogens is 1. The van der Waals surface area contributed by atoms with Gasteiger partial charge in [0.05, 0.1) is 16.7 Å². The van der Waals surface area contributed by atoms with E-state index in [9.17, 15) is 0 Å². The highest BCUT2D eigenvalue weighted by molar-refractivity contribution is 9.10. The molecule has 8 aromatic carbocycles. The van der Waals surface area contributed by atoms with Crippen molar-refractivity contribution < 1.29 is 0 Å². The molecule has 0 aliphatic heterocycles. The van der Waals surface area contributed by atoms with Crippen LogP contribution in [0.2, 0.25) is 0 Å². The lowest BCUT2D eigenvalue weighted by molar-refractivity contribution is 1.18. The normalized spacial score (nSPS) is 11.2. The maximum absolute atomic E-state index is 3.63. The Hall–Kier alpha value is -6.36. The van der Waals surface area contributed by atoms with Crippen LogP contribution in [0.1, 0.15) is 0 Å². The van der Waals surface area contributed by atoms with Crippen LogP contribution in [0.25, 0.3) is 38.6 Å². The number of aromatic nitrogens is 1. The number of anilines is 6. The Morgan fingerprint density at radius 3 is 1.15 bits per heavy atom. The van der Waals surface area contributed by atoms with Crippen LogP contribution in [0.15, 0.2) is 211 Å². The van der Waals surface area contributed by atoms with Gasteiger partial charge in [0.2, 0.25) is 0 Å². The standard InChI is InChI=1S/C48H34BrN3/c49-36-27-25-35(26-28-36)43-23-13-14-24-46(43)52-47-31-29-41(50(37-15-5-1-6-16-37)38-17-7-2-8-18-38)33-44(47)45-34-42(30-32-48(45)52)51(39-19-9-3-10-20-39)40-21-11-4-12-22-40/h1-34H. The minimum atomic E-state index is 1.06. The molecule has 0 amide bonds. The zero-order chi connectivity index (χ0) is 34.9. The number of fused-ring (bicyclic) bond motifs is 3. The number of hydrogen-bond donors (Lipinski definition) is 0. The number of rotatable bonds is 8. The van der Waals surface area contributed by atoms with E-state index >= 15 is 0 Å². The van der Waals surface area contributed by atoms with E-state index in [0.717, 1.165) is 55.3 Å². The third-order valence-electron chi connectivity index (χ3n) is 9.61. The maximum Gasteiger partial charge on any atom is 0.0542 e. The van der Waals surface area contributed by atoms with Gasteiger partial charge in [-0.1, -0.05) is 119 Å². The lowest BCUT2D eigenvalue weighted by Crippen LogP contribution is -2.09. The van der Waals surface area contributed by atoms with Crippen molar-refractivity contribution in [2.24, 2.45) is 0 Å². The first kappa shape index (κ1) is 31.6. The summed E-state index contributed by atoms with van der Waals surface area (Å²) in [7, 11) is 0. The Morgan fingerprint density at radius 1 is 0.346 bits per heavy atom. The van der Waals surface area contributed by atoms with E-state index in [0.29, 0.717) is 0 Å². The molecule has 0 aliphatic rings. The largest absolute Gasteiger partial charge is 0.310 e. The summed E-state index contributed by atoms with van der Waals surface area (Å²) in [6.45, 7) is 0. The quantitative estimate of drug-likeness (QED) is 0.154. The molecule has 0 unspecified atom stereocenters. The van der Waals surface area contributed by atoms with Gasteiger partial charge in [-0.2, -0.15) is 0 Å². The SMILES string of the molecule is Brc1ccc(-c2ccccc2-n2c3ccc(N(c4ccccc4)c4ccccc4)cc3c3cc(N(c4ccccc4)c4ccccc4)ccc32)cc1. The average molecular weight is 733 g/mol. The summed E-state index contributed by atoms with van der Waals surface area (Å²) in [6.07, 6.45) is 0. The fraction of sp³-hybridized carbons (Fsp3) is 0. The highest BCUT2D eigenvalue weighted by Gasteiger charge is 2.21. The van der Waals surface area contributed by atoms with Crippen LogP contribution in [0.4, 0.5) is 34.1 Å². The molecule has 0 radical (unpaired) electrons. The summed E-state index contributed by atoms with van der Waals surface area (Å²) in [6, 6.07) is 73.5. The van der Waals surface area contributed by atoms with Crippen molar-refractivity contribution >= 4 is 71.9 Å². The van der Waals surface area contributed by atoms with Crippen molar-refractivity contribution in [2.75, 3.05) is 9.80 Å². The Morgan fingerprint density at radius 2 is 0.731 bits per heavy atom. The van der Waals surface area contributed by atoms with E-state index in [1.165, 1.54) is 21.9 Å². The average Bonchev–Trinajstić information content (AvgIpc) is 3.53. The van der Waals surface area contributed by atoms with E-state index in [1.807, 2.05) is 0 Å². The molecule has 0 fully saturated rings. The molecule has 248 valence electrons. The molecule has 0 aliphatic carbocycles. The van der Waals surface area contributed by atoms with Gasteiger partial charge >= 0.3 is 0 Å². The van der Waals surface area contributed by atoms with E-state index in [1.54, 1.807) is 0 Å². The van der Waals surface area contributed by atoms with Crippen LogP contribution in [-0.2, 0) is 0 Å². The van der Waals surface area contributed by atoms with Gasteiger partial charge in [0.25, 0.3) is 0 Å². The van der Waals surface area contributed by atoms with Crippen LogP contribution in [0, 0.1) is 0 Å². The lowest BCUT2D eigenvalue weighted by Gasteiger charge is -2.26. The lowest BCUT2D eigenvalue weighted by atomic mass is 10.0. The van der Waals surface area contributed by atoms with Gasteiger partial charge in [-0.15, -0.1) is 0 Å². The molecule has 1 aromatic heterocycles. The van der Waals surface area contributed by atoms with Crippen LogP contribution in [-0.4, -0.2) is 4.57 Å². The van der Waals surface area contributed by atoms with Crippen molar-refractivity contribution in [3.05, 3.63) is 211 Å². The minimum absolute atomic E-state index is 1.06. The van der Waals surface area contributed by atoms with Gasteiger partial charge in [0.15, 0.2) is 0 Å². The number of nitrogens with zero attached hydrogens (tertiary/aromatic N) is 3. The van der Waals surface area contributed by atoms with Gasteiger partial charge in [0, 0.05) is 54.9 Å². The molecule has 0 atom stereocenters. The molecular formula is C48H34BrN3. The zero-order valence-electron chi connectivity index (χ0n) is 28.3. The van der Waals surface area contributed by atoms with Gasteiger partial charge in [0.1, 0.15) is 0 Å². The maximum atomic E-state index is 3.63. The smallest absolute Gasteiger partial charge is 0.0542 e. The molecule has 0 saturated carbocycles. The summed E-state index contributed by atoms with van der Waals surface area (Å²) in [5, 5.41) is 2.36. The van der Waals surface area contributed by atoms with Gasteiger partial charge in [-0.3, -0.25) is 0 Å². The second-order valence-corrected chi connectivity index (χ2v) is 13.7. The van der Waals surface area contributed by atoms with Crippen molar-refractivity contribution in [1.29, 1.82) is 0 Å². The molecule has 3 nitrogen and oxygen atoms in total. The van der Waals surface area contributed by atoms with Crippen molar-refractivity contribution in [1.82, 2.24) is 4.57 Å². The zero-order valence-corrected chi connectivity index (χ0v) is 29.9. The van der Waals surface area contributed by atoms with Crippen molar-refractivity contribution in [3.63, 3.8) is 0 Å². The van der Waals surface area contributed by atoms with E-state index in [-0.39, 0.29) is 0 Å². The Kier molecular flexibility index (Phi) is 8.36. The number of hydrogen-bond acceptors (Lipinski definition) is 2. The molecule has 9 rings (SSSR count). The highest BCUT2D eigenvalue weighted by Crippen LogP contribution is 2.43. The Bertz CT molecular complexity index is 2400. The third kappa shape index (κ3) is 5.83. The fourth-order valence-corrected chi connectivity index (χ4v) is 7.55. The van der Waals surface area contributed by atoms with E-state index < -0.39 is 0 Å². The van der Waals surface area contributed by atoms with E-state index in [4.69, 9.17) is 0 Å². The van der Waals surface area contributed by atoms with Gasteiger partial charge in [-0.25, -0.2) is 0 Å². The molecule has 0 N–H and O–H groups in total. The third-order valence-corrected chi connectivity index (χ3v) is 10.1. The summed E-state index contributed by atoms with van der Waals surface area (Å²) < 4.78 is 3.49. The Balaban J connectivity index is 1.32. The molecule has 1 heterocycles. The topological polar surface area (TPSA) is 11.4 Å². The first-order chi connectivity index (χ1) is 25.7. The molecule has 0 spiro atoms. The van der Waals surface area contributed by atoms with Crippen molar-refractivity contribution in [2.45, 2.75) is 0 Å². The predicted molar refractivity (Wildman–Crippen MR) is 223 cm³/mol. The van der Waals surface area contributed by atoms with Crippen LogP contribution >= 0.6 is 15.9 Å². The molecule has 52 heavy (non-hydrogen) atoms. The molecule has 0 bridgehead atoms. The number of benzene rings is 8. The van der Waals surface area contributed by atoms with Crippen LogP contribution in [0.5, 0.6) is 0 Å². The summed E-state index contributed by atoms with van der Waals surface area (Å²) in [4.78, 5) is 4.67. The van der Waals surface area contributed by atoms with Crippen molar-refractivity contribution in [3.8, 4) is 16.8 Å². The number of para-hydroxylation sites is 5. The highest BCUT2D eigenvalue weighted by atomic mass is 79.9. The monoisotopic (exact) mass is 731 g/mol. The summed E-state index contributed by atoms with van der Waals surface area (Å²) >= 11 is 3.63. The second-order valence-electron chi connectivity index (χ2n) is 12.8. The fourth-order valence-electron chi connectivity index (χ4n) is 7.28. The van der Waals surface area contributed by atoms with Gasteiger partial charge in [-0.05, 0) is 109 Å². The van der Waals surface area contributed by atoms with Crippen LogP contribution in [0.3, 0.4) is 0 Å². The first-order valence-electron chi connectivity index (χ1n) is 17.5. The predicted octanol–water partition coefficient (Wildman–Crippen LogP) is 14.2. The Labute approximate surface area is 312 Å². The van der Waals surface area contributed by atoms with Crippen LogP contribution < -0.4 is 9.80 Å². The second kappa shape index (κ2) is 13.7. The molecule has 4 heteroatoms. The van der Waals surface area contributed by atoms with Gasteiger partial charge < -0.3 is 14.4 Å². The molecular weight excluding hydrogens is 698 g/mol. The molecule has 9 aromatic rings.